The van der Waals surface area contributed by atoms with Crippen LogP contribution in [0, 0.1) is 6.92 Å². The first kappa shape index (κ1) is 26.3. The standard InChI is InChI=1S/C20H18ClF3N6O4S3/c1-7-26-27-19(37-7)36-6-9-5-35-17-12(16(32)30(17)14(9)18(33)34)25-10(31)4-29-13(8-2-3-8)11(21)15(28-29)20(22,23)24/h8,12,17H,2-6H2,1H3,(H,25,31)(H,33,34)/t12-,17-/m0/s1. The van der Waals surface area contributed by atoms with Gasteiger partial charge in [-0.1, -0.05) is 34.7 Å². The number of β-lactam (4-membered cyclic amide) rings is 1. The molecule has 2 fully saturated rings. The number of aromatic nitrogens is 4. The molecule has 1 saturated heterocycles. The Bertz CT molecular complexity index is 1320. The number of amides is 2. The summed E-state index contributed by atoms with van der Waals surface area (Å²) in [5.41, 5.74) is -0.674. The van der Waals surface area contributed by atoms with Gasteiger partial charge in [0.25, 0.3) is 5.91 Å². The number of carboxylic acids is 1. The van der Waals surface area contributed by atoms with Crippen LogP contribution in [0.3, 0.4) is 0 Å². The second-order valence-corrected chi connectivity index (χ2v) is 12.5. The van der Waals surface area contributed by atoms with E-state index in [4.69, 9.17) is 11.6 Å². The van der Waals surface area contributed by atoms with Crippen molar-refractivity contribution in [2.24, 2.45) is 0 Å². The van der Waals surface area contributed by atoms with Crippen molar-refractivity contribution in [1.82, 2.24) is 30.2 Å². The van der Waals surface area contributed by atoms with Crippen LogP contribution in [0.2, 0.25) is 5.02 Å². The number of alkyl halides is 3. The Morgan fingerprint density at radius 2 is 2.03 bits per heavy atom. The van der Waals surface area contributed by atoms with Gasteiger partial charge in [0.05, 0.1) is 10.7 Å². The van der Waals surface area contributed by atoms with Crippen molar-refractivity contribution in [3.63, 3.8) is 0 Å². The molecule has 0 radical (unpaired) electrons. The highest BCUT2D eigenvalue weighted by atomic mass is 35.5. The minimum atomic E-state index is -4.77. The van der Waals surface area contributed by atoms with Gasteiger partial charge in [-0.2, -0.15) is 18.3 Å². The van der Waals surface area contributed by atoms with E-state index < -0.39 is 52.6 Å². The third-order valence-corrected chi connectivity index (χ3v) is 9.67. The van der Waals surface area contributed by atoms with Crippen LogP contribution in [0.25, 0.3) is 0 Å². The molecule has 2 N–H and O–H groups in total. The lowest BCUT2D eigenvalue weighted by Crippen LogP contribution is -2.70. The molecule has 0 bridgehead atoms. The molecule has 2 aromatic rings. The van der Waals surface area contributed by atoms with Crippen LogP contribution in [-0.2, 0) is 27.1 Å². The van der Waals surface area contributed by atoms with Gasteiger partial charge in [-0.3, -0.25) is 19.2 Å². The van der Waals surface area contributed by atoms with Crippen LogP contribution >= 0.6 is 46.5 Å². The summed E-state index contributed by atoms with van der Waals surface area (Å²) in [4.78, 5) is 38.8. The van der Waals surface area contributed by atoms with Crippen LogP contribution in [-0.4, -0.2) is 70.7 Å². The molecule has 2 amide bonds. The molecule has 10 nitrogen and oxygen atoms in total. The zero-order chi connectivity index (χ0) is 26.6. The van der Waals surface area contributed by atoms with Gasteiger partial charge in [0.2, 0.25) is 5.91 Å². The van der Waals surface area contributed by atoms with Gasteiger partial charge in [-0.25, -0.2) is 4.79 Å². The molecule has 0 spiro atoms. The molecule has 2 aromatic heterocycles. The number of halogens is 4. The van der Waals surface area contributed by atoms with Gasteiger partial charge in [0.1, 0.15) is 28.7 Å². The highest BCUT2D eigenvalue weighted by Gasteiger charge is 2.54. The average Bonchev–Trinajstić information content (AvgIpc) is 3.48. The van der Waals surface area contributed by atoms with Crippen molar-refractivity contribution in [2.75, 3.05) is 11.5 Å². The van der Waals surface area contributed by atoms with Crippen molar-refractivity contribution in [1.29, 1.82) is 0 Å². The van der Waals surface area contributed by atoms with Gasteiger partial charge >= 0.3 is 12.1 Å². The van der Waals surface area contributed by atoms with Gasteiger partial charge in [0.15, 0.2) is 10.0 Å². The highest BCUT2D eigenvalue weighted by molar-refractivity contribution is 8.01. The van der Waals surface area contributed by atoms with Crippen molar-refractivity contribution >= 4 is 64.2 Å². The molecular weight excluding hydrogens is 577 g/mol. The lowest BCUT2D eigenvalue weighted by Gasteiger charge is -2.49. The Labute approximate surface area is 225 Å². The number of nitrogens with one attached hydrogen (secondary N) is 1. The smallest absolute Gasteiger partial charge is 0.436 e. The van der Waals surface area contributed by atoms with E-state index in [1.54, 1.807) is 6.92 Å². The molecular formula is C20H18ClF3N6O4S3. The number of hydrogen-bond donors (Lipinski definition) is 2. The molecule has 198 valence electrons. The summed E-state index contributed by atoms with van der Waals surface area (Å²) in [6.45, 7) is 1.26. The molecule has 2 atom stereocenters. The average molecular weight is 595 g/mol. The SMILES string of the molecule is Cc1nnc(SCC2=C(C(=O)O)N3C(=O)[C@H](NC(=O)Cn4nc(C(F)(F)F)c(Cl)c4C4CC4)[C@@H]3SC2)s1. The third-order valence-electron chi connectivity index (χ3n) is 5.90. The van der Waals surface area contributed by atoms with Gasteiger partial charge < -0.3 is 10.4 Å². The molecule has 0 unspecified atom stereocenters. The first-order valence-electron chi connectivity index (χ1n) is 10.9. The number of carbonyl (C=O) groups excluding carboxylic acids is 2. The Morgan fingerprint density at radius 3 is 2.62 bits per heavy atom. The van der Waals surface area contributed by atoms with Crippen LogP contribution in [0.5, 0.6) is 0 Å². The van der Waals surface area contributed by atoms with E-state index in [0.717, 1.165) is 14.6 Å². The molecule has 5 rings (SSSR count). The summed E-state index contributed by atoms with van der Waals surface area (Å²) in [7, 11) is 0. The number of carboxylic acid groups (broad SMARTS) is 1. The summed E-state index contributed by atoms with van der Waals surface area (Å²) in [5.74, 6) is -2.16. The highest BCUT2D eigenvalue weighted by Crippen LogP contribution is 2.47. The van der Waals surface area contributed by atoms with Crippen molar-refractivity contribution in [3.8, 4) is 0 Å². The van der Waals surface area contributed by atoms with Crippen LogP contribution in [0.15, 0.2) is 15.6 Å². The van der Waals surface area contributed by atoms with E-state index in [-0.39, 0.29) is 17.3 Å². The monoisotopic (exact) mass is 594 g/mol. The molecule has 0 aromatic carbocycles. The minimum absolute atomic E-state index is 0.127. The molecule has 4 heterocycles. The van der Waals surface area contributed by atoms with E-state index >= 15 is 0 Å². The summed E-state index contributed by atoms with van der Waals surface area (Å²) in [5, 5.41) is 23.4. The topological polar surface area (TPSA) is 130 Å². The van der Waals surface area contributed by atoms with Crippen molar-refractivity contribution in [3.05, 3.63) is 32.7 Å². The van der Waals surface area contributed by atoms with E-state index in [0.29, 0.717) is 34.3 Å². The second kappa shape index (κ2) is 9.78. The normalized spacial score (nSPS) is 21.6. The Kier molecular flexibility index (Phi) is 6.96. The lowest BCUT2D eigenvalue weighted by atomic mass is 10.0. The zero-order valence-corrected chi connectivity index (χ0v) is 22.1. The number of rotatable bonds is 8. The van der Waals surface area contributed by atoms with Gasteiger partial charge in [0, 0.05) is 17.4 Å². The minimum Gasteiger partial charge on any atom is -0.477 e. The fourth-order valence-corrected chi connectivity index (χ4v) is 7.83. The van der Waals surface area contributed by atoms with E-state index in [1.165, 1.54) is 34.9 Å². The Hall–Kier alpha value is -2.30. The number of aliphatic carboxylic acids is 1. The first-order valence-corrected chi connectivity index (χ1v) is 14.1. The maximum absolute atomic E-state index is 13.3. The predicted octanol–water partition coefficient (Wildman–Crippen LogP) is 3.12. The third kappa shape index (κ3) is 5.07. The molecule has 17 heteroatoms. The fourth-order valence-electron chi connectivity index (χ4n) is 4.14. The van der Waals surface area contributed by atoms with Gasteiger partial charge in [-0.05, 0) is 25.3 Å². The number of aryl methyl sites for hydroxylation is 1. The number of nitrogens with zero attached hydrogens (tertiary/aromatic N) is 5. The maximum Gasteiger partial charge on any atom is 0.436 e. The van der Waals surface area contributed by atoms with E-state index in [2.05, 4.69) is 20.6 Å². The molecule has 3 aliphatic rings. The predicted molar refractivity (Wildman–Crippen MR) is 129 cm³/mol. The fraction of sp³-hybridized carbons (Fsp3) is 0.500. The lowest BCUT2D eigenvalue weighted by molar-refractivity contribution is -0.150. The quantitative estimate of drug-likeness (QED) is 0.350. The number of hydrogen-bond acceptors (Lipinski definition) is 9. The number of carbonyl (C=O) groups is 3. The van der Waals surface area contributed by atoms with E-state index in [9.17, 15) is 32.7 Å². The van der Waals surface area contributed by atoms with Crippen LogP contribution < -0.4 is 5.32 Å². The summed E-state index contributed by atoms with van der Waals surface area (Å²) in [6.07, 6.45) is -3.48. The van der Waals surface area contributed by atoms with Crippen LogP contribution in [0.1, 0.15) is 35.2 Å². The Morgan fingerprint density at radius 1 is 1.30 bits per heavy atom. The summed E-state index contributed by atoms with van der Waals surface area (Å²) < 4.78 is 41.5. The molecule has 37 heavy (non-hydrogen) atoms. The van der Waals surface area contributed by atoms with Crippen molar-refractivity contribution in [2.45, 2.75) is 54.2 Å². The molecule has 1 aliphatic carbocycles. The van der Waals surface area contributed by atoms with Crippen molar-refractivity contribution < 1.29 is 32.7 Å². The zero-order valence-electron chi connectivity index (χ0n) is 18.9. The number of thioether (sulfide) groups is 2. The van der Waals surface area contributed by atoms with E-state index in [1.807, 2.05) is 0 Å². The Balaban J connectivity index is 1.28. The summed E-state index contributed by atoms with van der Waals surface area (Å²) in [6, 6.07) is -1.01. The molecule has 2 aliphatic heterocycles. The largest absolute Gasteiger partial charge is 0.477 e. The second-order valence-electron chi connectivity index (χ2n) is 8.57. The van der Waals surface area contributed by atoms with Gasteiger partial charge in [-0.15, -0.1) is 22.0 Å². The molecule has 1 saturated carbocycles. The first-order chi connectivity index (χ1) is 17.5. The maximum atomic E-state index is 13.3. The van der Waals surface area contributed by atoms with Crippen LogP contribution in [0.4, 0.5) is 13.2 Å². The number of fused-ring (bicyclic) bond motifs is 1. The summed E-state index contributed by atoms with van der Waals surface area (Å²) >= 11 is 9.95.